The van der Waals surface area contributed by atoms with Crippen LogP contribution in [0.15, 0.2) is 24.3 Å². The molecule has 0 heterocycles. The second-order valence-electron chi connectivity index (χ2n) is 3.18. The molecule has 0 aliphatic carbocycles. The van der Waals surface area contributed by atoms with Crippen molar-refractivity contribution < 1.29 is 4.79 Å². The topological polar surface area (TPSA) is 17.1 Å². The van der Waals surface area contributed by atoms with Crippen LogP contribution >= 0.6 is 23.4 Å². The summed E-state index contributed by atoms with van der Waals surface area (Å²) in [5.41, 5.74) is 2.07. The lowest BCUT2D eigenvalue weighted by atomic mass is 10.1. The average Bonchev–Trinajstić information content (AvgIpc) is 2.18. The number of thioether (sulfide) groups is 1. The van der Waals surface area contributed by atoms with E-state index in [0.29, 0.717) is 5.75 Å². The zero-order chi connectivity index (χ0) is 11.3. The summed E-state index contributed by atoms with van der Waals surface area (Å²) in [5, 5.41) is 0.913. The summed E-state index contributed by atoms with van der Waals surface area (Å²) in [4.78, 5) is 10.7. The van der Waals surface area contributed by atoms with E-state index in [1.54, 1.807) is 6.92 Å². The molecule has 0 atom stereocenters. The summed E-state index contributed by atoms with van der Waals surface area (Å²) in [6, 6.07) is 5.91. The Bertz CT molecular complexity index is 385. The maximum absolute atomic E-state index is 10.7. The highest BCUT2D eigenvalue weighted by Crippen LogP contribution is 2.21. The first-order valence-electron chi connectivity index (χ1n) is 4.66. The fraction of sp³-hybridized carbons (Fsp3) is 0.250. The molecule has 0 fully saturated rings. The minimum Gasteiger partial charge on any atom is -0.288 e. The molecule has 0 spiro atoms. The zero-order valence-corrected chi connectivity index (χ0v) is 10.4. The summed E-state index contributed by atoms with van der Waals surface area (Å²) in [5.74, 6) is 0.694. The van der Waals surface area contributed by atoms with Crippen molar-refractivity contribution >= 4 is 34.6 Å². The third-order valence-electron chi connectivity index (χ3n) is 1.90. The van der Waals surface area contributed by atoms with Crippen molar-refractivity contribution in [1.82, 2.24) is 0 Å². The first kappa shape index (κ1) is 12.3. The first-order valence-corrected chi connectivity index (χ1v) is 6.02. The van der Waals surface area contributed by atoms with Crippen LogP contribution in [0, 0.1) is 6.92 Å². The summed E-state index contributed by atoms with van der Waals surface area (Å²) in [6.45, 7) is 3.54. The van der Waals surface area contributed by atoms with Crippen molar-refractivity contribution in [2.45, 2.75) is 13.8 Å². The molecule has 1 rings (SSSR count). The Morgan fingerprint density at radius 2 is 2.27 bits per heavy atom. The van der Waals surface area contributed by atoms with E-state index in [0.717, 1.165) is 16.1 Å². The highest BCUT2D eigenvalue weighted by atomic mass is 35.5. The lowest BCUT2D eigenvalue weighted by Crippen LogP contribution is -1.83. The Morgan fingerprint density at radius 3 is 2.93 bits per heavy atom. The van der Waals surface area contributed by atoms with Gasteiger partial charge in [0.2, 0.25) is 0 Å². The molecular weight excluding hydrogens is 228 g/mol. The molecule has 0 aromatic heterocycles. The Kier molecular flexibility index (Phi) is 4.92. The van der Waals surface area contributed by atoms with Crippen molar-refractivity contribution in [2.75, 3.05) is 5.75 Å². The van der Waals surface area contributed by atoms with E-state index in [-0.39, 0.29) is 5.12 Å². The molecule has 0 amide bonds. The van der Waals surface area contributed by atoms with E-state index < -0.39 is 0 Å². The lowest BCUT2D eigenvalue weighted by molar-refractivity contribution is -0.109. The molecular formula is C12H13ClOS. The largest absolute Gasteiger partial charge is 0.288 e. The van der Waals surface area contributed by atoms with Gasteiger partial charge in [-0.1, -0.05) is 53.7 Å². The standard InChI is InChI=1S/C12H13ClOS/c1-9-5-3-6-11(12(9)13)7-4-8-15-10(2)14/h3-7H,8H2,1-2H3. The van der Waals surface area contributed by atoms with Gasteiger partial charge in [0.1, 0.15) is 0 Å². The van der Waals surface area contributed by atoms with E-state index in [2.05, 4.69) is 0 Å². The molecule has 1 aromatic rings. The maximum Gasteiger partial charge on any atom is 0.186 e. The van der Waals surface area contributed by atoms with Gasteiger partial charge in [-0.25, -0.2) is 0 Å². The van der Waals surface area contributed by atoms with Crippen molar-refractivity contribution in [1.29, 1.82) is 0 Å². The molecule has 3 heteroatoms. The fourth-order valence-corrected chi connectivity index (χ4v) is 1.76. The molecule has 0 saturated carbocycles. The van der Waals surface area contributed by atoms with Crippen molar-refractivity contribution in [2.24, 2.45) is 0 Å². The average molecular weight is 241 g/mol. The number of rotatable bonds is 3. The van der Waals surface area contributed by atoms with Gasteiger partial charge in [-0.2, -0.15) is 0 Å². The Morgan fingerprint density at radius 1 is 1.53 bits per heavy atom. The van der Waals surface area contributed by atoms with E-state index >= 15 is 0 Å². The van der Waals surface area contributed by atoms with Crippen molar-refractivity contribution in [3.05, 3.63) is 40.4 Å². The van der Waals surface area contributed by atoms with Gasteiger partial charge in [0.15, 0.2) is 5.12 Å². The number of carbonyl (C=O) groups is 1. The quantitative estimate of drug-likeness (QED) is 0.796. The molecule has 15 heavy (non-hydrogen) atoms. The van der Waals surface area contributed by atoms with Gasteiger partial charge in [0.25, 0.3) is 0 Å². The summed E-state index contributed by atoms with van der Waals surface area (Å²) in [7, 11) is 0. The highest BCUT2D eigenvalue weighted by Gasteiger charge is 1.98. The van der Waals surface area contributed by atoms with E-state index in [4.69, 9.17) is 11.6 Å². The smallest absolute Gasteiger partial charge is 0.186 e. The molecule has 0 saturated heterocycles. The number of carbonyl (C=O) groups excluding carboxylic acids is 1. The summed E-state index contributed by atoms with van der Waals surface area (Å²) in [6.07, 6.45) is 3.90. The van der Waals surface area contributed by atoms with Crippen LogP contribution < -0.4 is 0 Å². The molecule has 0 aliphatic heterocycles. The molecule has 1 aromatic carbocycles. The normalized spacial score (nSPS) is 10.9. The van der Waals surface area contributed by atoms with Gasteiger partial charge in [-0.3, -0.25) is 4.79 Å². The molecule has 0 radical (unpaired) electrons. The van der Waals surface area contributed by atoms with Gasteiger partial charge in [0.05, 0.1) is 5.02 Å². The first-order chi connectivity index (χ1) is 7.11. The van der Waals surface area contributed by atoms with E-state index in [1.807, 2.05) is 37.3 Å². The number of hydrogen-bond acceptors (Lipinski definition) is 2. The predicted molar refractivity (Wildman–Crippen MR) is 68.4 cm³/mol. The Hall–Kier alpha value is -0.730. The molecule has 0 aliphatic rings. The minimum atomic E-state index is 0.134. The van der Waals surface area contributed by atoms with Crippen LogP contribution in [0.2, 0.25) is 5.02 Å². The van der Waals surface area contributed by atoms with Crippen LogP contribution in [0.5, 0.6) is 0 Å². The minimum absolute atomic E-state index is 0.134. The van der Waals surface area contributed by atoms with E-state index in [1.165, 1.54) is 11.8 Å². The van der Waals surface area contributed by atoms with Gasteiger partial charge < -0.3 is 0 Å². The predicted octanol–water partition coefficient (Wildman–Crippen LogP) is 3.94. The highest BCUT2D eigenvalue weighted by molar-refractivity contribution is 8.13. The van der Waals surface area contributed by atoms with Gasteiger partial charge in [-0.05, 0) is 18.1 Å². The lowest BCUT2D eigenvalue weighted by Gasteiger charge is -2.01. The number of halogens is 1. The van der Waals surface area contributed by atoms with Crippen LogP contribution in [-0.2, 0) is 4.79 Å². The second kappa shape index (κ2) is 5.99. The Balaban J connectivity index is 2.64. The van der Waals surface area contributed by atoms with Crippen molar-refractivity contribution in [3.8, 4) is 0 Å². The third kappa shape index (κ3) is 4.10. The van der Waals surface area contributed by atoms with Gasteiger partial charge in [-0.15, -0.1) is 0 Å². The number of benzene rings is 1. The monoisotopic (exact) mass is 240 g/mol. The van der Waals surface area contributed by atoms with Crippen LogP contribution in [-0.4, -0.2) is 10.9 Å². The third-order valence-corrected chi connectivity index (χ3v) is 3.18. The van der Waals surface area contributed by atoms with Crippen LogP contribution in [0.3, 0.4) is 0 Å². The molecule has 0 bridgehead atoms. The fourth-order valence-electron chi connectivity index (χ4n) is 1.14. The van der Waals surface area contributed by atoms with Crippen LogP contribution in [0.25, 0.3) is 6.08 Å². The van der Waals surface area contributed by atoms with Gasteiger partial charge in [0, 0.05) is 12.7 Å². The van der Waals surface area contributed by atoms with Crippen LogP contribution in [0.4, 0.5) is 0 Å². The number of hydrogen-bond donors (Lipinski definition) is 0. The summed E-state index contributed by atoms with van der Waals surface area (Å²) >= 11 is 7.40. The zero-order valence-electron chi connectivity index (χ0n) is 8.79. The Labute approximate surface area is 99.5 Å². The molecule has 0 N–H and O–H groups in total. The molecule has 1 nitrogen and oxygen atoms in total. The van der Waals surface area contributed by atoms with Crippen molar-refractivity contribution in [3.63, 3.8) is 0 Å². The summed E-state index contributed by atoms with van der Waals surface area (Å²) < 4.78 is 0. The van der Waals surface area contributed by atoms with Crippen LogP contribution in [0.1, 0.15) is 18.1 Å². The maximum atomic E-state index is 10.7. The number of aryl methyl sites for hydroxylation is 1. The van der Waals surface area contributed by atoms with Gasteiger partial charge >= 0.3 is 0 Å². The second-order valence-corrected chi connectivity index (χ2v) is 4.76. The SMILES string of the molecule is CC(=O)SCC=Cc1cccc(C)c1Cl. The molecule has 80 valence electrons. The molecule has 0 unspecified atom stereocenters. The van der Waals surface area contributed by atoms with E-state index in [9.17, 15) is 4.79 Å².